The number of aryl methyl sites for hydroxylation is 1. The summed E-state index contributed by atoms with van der Waals surface area (Å²) in [5.41, 5.74) is 3.02. The third-order valence-electron chi connectivity index (χ3n) is 7.05. The number of amides is 1. The van der Waals surface area contributed by atoms with E-state index in [0.717, 1.165) is 58.5 Å². The molecule has 0 spiro atoms. The molecular formula is C27H39N5O3. The van der Waals surface area contributed by atoms with Crippen molar-refractivity contribution < 1.29 is 14.3 Å². The third-order valence-corrected chi connectivity index (χ3v) is 7.05. The number of β-amino-alcohol motifs (C(OH)–C–C–N with tert-alkyl or cyclic N) is 1. The summed E-state index contributed by atoms with van der Waals surface area (Å²) in [6.45, 7) is 13.8. The molecule has 2 saturated heterocycles. The van der Waals surface area contributed by atoms with Crippen molar-refractivity contribution in [3.05, 3.63) is 60.3 Å². The van der Waals surface area contributed by atoms with E-state index in [4.69, 9.17) is 4.42 Å². The highest BCUT2D eigenvalue weighted by molar-refractivity contribution is 5.92. The number of carbonyl (C=O) groups excluding carboxylic acids is 1. The molecule has 2 aliphatic rings. The topological polar surface area (TPSA) is 76.3 Å². The number of benzene rings is 1. The van der Waals surface area contributed by atoms with Crippen molar-refractivity contribution in [2.24, 2.45) is 0 Å². The van der Waals surface area contributed by atoms with Gasteiger partial charge >= 0.3 is 0 Å². The van der Waals surface area contributed by atoms with Crippen molar-refractivity contribution in [3.63, 3.8) is 0 Å². The lowest BCUT2D eigenvalue weighted by Gasteiger charge is -2.36. The molecule has 8 nitrogen and oxygen atoms in total. The second kappa shape index (κ2) is 12.3. The number of hydrogen-bond acceptors (Lipinski definition) is 7. The molecule has 1 N–H and O–H groups in total. The fraction of sp³-hybridized carbons (Fsp3) is 0.556. The van der Waals surface area contributed by atoms with Crippen LogP contribution in [-0.4, -0.2) is 95.7 Å². The van der Waals surface area contributed by atoms with Crippen LogP contribution in [0.3, 0.4) is 0 Å². The minimum atomic E-state index is -0.303. The average Bonchev–Trinajstić information content (AvgIpc) is 3.36. The molecule has 0 aliphatic carbocycles. The van der Waals surface area contributed by atoms with Crippen LogP contribution in [0.2, 0.25) is 0 Å². The Hall–Kier alpha value is -2.68. The SMILES string of the molecule is C=CCCC(O)CN1CCN(Cc2nc(C(=O)N3CCN(c4ccccc4CC)CC3)co2)CC1. The van der Waals surface area contributed by atoms with Crippen molar-refractivity contribution in [2.75, 3.05) is 63.8 Å². The third kappa shape index (κ3) is 6.72. The van der Waals surface area contributed by atoms with Gasteiger partial charge in [-0.15, -0.1) is 6.58 Å². The number of carbonyl (C=O) groups is 1. The van der Waals surface area contributed by atoms with Crippen molar-refractivity contribution in [1.82, 2.24) is 19.7 Å². The highest BCUT2D eigenvalue weighted by Crippen LogP contribution is 2.23. The van der Waals surface area contributed by atoms with Gasteiger partial charge in [-0.05, 0) is 30.9 Å². The molecule has 1 atom stereocenters. The van der Waals surface area contributed by atoms with E-state index < -0.39 is 0 Å². The summed E-state index contributed by atoms with van der Waals surface area (Å²) < 4.78 is 5.66. The number of hydrogen-bond donors (Lipinski definition) is 1. The van der Waals surface area contributed by atoms with E-state index in [0.29, 0.717) is 37.8 Å². The molecule has 35 heavy (non-hydrogen) atoms. The highest BCUT2D eigenvalue weighted by atomic mass is 16.3. The second-order valence-electron chi connectivity index (χ2n) is 9.48. The lowest BCUT2D eigenvalue weighted by molar-refractivity contribution is 0.0642. The summed E-state index contributed by atoms with van der Waals surface area (Å²) in [7, 11) is 0. The monoisotopic (exact) mass is 481 g/mol. The van der Waals surface area contributed by atoms with Crippen LogP contribution in [-0.2, 0) is 13.0 Å². The molecule has 0 saturated carbocycles. The van der Waals surface area contributed by atoms with Gasteiger partial charge in [-0.1, -0.05) is 31.2 Å². The summed E-state index contributed by atoms with van der Waals surface area (Å²) in [5, 5.41) is 10.1. The average molecular weight is 482 g/mol. The Morgan fingerprint density at radius 1 is 1.11 bits per heavy atom. The smallest absolute Gasteiger partial charge is 0.275 e. The molecule has 190 valence electrons. The Bertz CT molecular complexity index is 961. The maximum absolute atomic E-state index is 13.0. The first kappa shape index (κ1) is 25.4. The first-order valence-electron chi connectivity index (χ1n) is 12.9. The molecule has 1 aromatic carbocycles. The molecule has 1 amide bonds. The van der Waals surface area contributed by atoms with Crippen LogP contribution in [0.1, 0.15) is 41.7 Å². The largest absolute Gasteiger partial charge is 0.447 e. The van der Waals surface area contributed by atoms with Crippen LogP contribution >= 0.6 is 0 Å². The van der Waals surface area contributed by atoms with Crippen LogP contribution in [0.25, 0.3) is 0 Å². The number of aliphatic hydroxyl groups excluding tert-OH is 1. The summed E-state index contributed by atoms with van der Waals surface area (Å²) in [4.78, 5) is 26.4. The Morgan fingerprint density at radius 2 is 1.83 bits per heavy atom. The standard InChI is InChI=1S/C27H39N5O3/c1-3-5-9-23(33)19-29-11-13-30(14-12-29)20-26-28-24(21-35-26)27(34)32-17-15-31(16-18-32)25-10-7-6-8-22(25)4-2/h3,6-8,10,21,23,33H,1,4-5,9,11-20H2,2H3. The molecule has 1 aromatic heterocycles. The predicted molar refractivity (Wildman–Crippen MR) is 138 cm³/mol. The van der Waals surface area contributed by atoms with Gasteiger partial charge in [-0.25, -0.2) is 4.98 Å². The van der Waals surface area contributed by atoms with Crippen LogP contribution in [0.4, 0.5) is 5.69 Å². The Labute approximate surface area is 208 Å². The minimum Gasteiger partial charge on any atom is -0.447 e. The van der Waals surface area contributed by atoms with Crippen LogP contribution in [0, 0.1) is 0 Å². The van der Waals surface area contributed by atoms with Gasteiger partial charge in [0.1, 0.15) is 6.26 Å². The Kier molecular flexibility index (Phi) is 8.95. The molecule has 8 heteroatoms. The maximum atomic E-state index is 13.0. The number of oxazole rings is 1. The molecule has 2 fully saturated rings. The highest BCUT2D eigenvalue weighted by Gasteiger charge is 2.26. The van der Waals surface area contributed by atoms with Crippen molar-refractivity contribution in [1.29, 1.82) is 0 Å². The summed E-state index contributed by atoms with van der Waals surface area (Å²) in [6.07, 6.45) is 5.66. The molecular weight excluding hydrogens is 442 g/mol. The normalized spacial score (nSPS) is 18.6. The summed E-state index contributed by atoms with van der Waals surface area (Å²) in [6, 6.07) is 8.51. The molecule has 3 heterocycles. The van der Waals surface area contributed by atoms with Crippen LogP contribution in [0.5, 0.6) is 0 Å². The fourth-order valence-electron chi connectivity index (χ4n) is 4.93. The predicted octanol–water partition coefficient (Wildman–Crippen LogP) is 2.64. The van der Waals surface area contributed by atoms with E-state index in [1.54, 1.807) is 0 Å². The number of para-hydroxylation sites is 1. The van der Waals surface area contributed by atoms with Gasteiger partial charge in [-0.2, -0.15) is 0 Å². The number of anilines is 1. The van der Waals surface area contributed by atoms with Gasteiger partial charge in [0.15, 0.2) is 5.69 Å². The second-order valence-corrected chi connectivity index (χ2v) is 9.48. The number of aliphatic hydroxyl groups is 1. The van der Waals surface area contributed by atoms with Gasteiger partial charge < -0.3 is 19.3 Å². The van der Waals surface area contributed by atoms with E-state index in [9.17, 15) is 9.90 Å². The van der Waals surface area contributed by atoms with Crippen molar-refractivity contribution in [2.45, 2.75) is 38.8 Å². The van der Waals surface area contributed by atoms with Gasteiger partial charge in [-0.3, -0.25) is 14.6 Å². The van der Waals surface area contributed by atoms with Crippen LogP contribution in [0.15, 0.2) is 47.6 Å². The number of piperazine rings is 2. The first-order valence-corrected chi connectivity index (χ1v) is 12.9. The quantitative estimate of drug-likeness (QED) is 0.523. The van der Waals surface area contributed by atoms with Gasteiger partial charge in [0.25, 0.3) is 5.91 Å². The molecule has 0 bridgehead atoms. The van der Waals surface area contributed by atoms with Crippen molar-refractivity contribution >= 4 is 11.6 Å². The molecule has 1 unspecified atom stereocenters. The lowest BCUT2D eigenvalue weighted by atomic mass is 10.1. The Balaban J connectivity index is 1.23. The van der Waals surface area contributed by atoms with E-state index in [-0.39, 0.29) is 12.0 Å². The molecule has 0 radical (unpaired) electrons. The fourth-order valence-corrected chi connectivity index (χ4v) is 4.93. The number of nitrogens with zero attached hydrogens (tertiary/aromatic N) is 5. The van der Waals surface area contributed by atoms with E-state index in [1.165, 1.54) is 17.5 Å². The lowest BCUT2D eigenvalue weighted by Crippen LogP contribution is -2.49. The van der Waals surface area contributed by atoms with Gasteiger partial charge in [0.05, 0.1) is 12.6 Å². The van der Waals surface area contributed by atoms with Gasteiger partial charge in [0.2, 0.25) is 5.89 Å². The molecule has 4 rings (SSSR count). The first-order chi connectivity index (χ1) is 17.1. The summed E-state index contributed by atoms with van der Waals surface area (Å²) in [5.74, 6) is 0.532. The maximum Gasteiger partial charge on any atom is 0.275 e. The number of aromatic nitrogens is 1. The van der Waals surface area contributed by atoms with Gasteiger partial charge in [0, 0.05) is 64.6 Å². The van der Waals surface area contributed by atoms with E-state index >= 15 is 0 Å². The number of rotatable bonds is 10. The number of allylic oxidation sites excluding steroid dienone is 1. The van der Waals surface area contributed by atoms with E-state index in [1.807, 2.05) is 11.0 Å². The zero-order chi connectivity index (χ0) is 24.6. The summed E-state index contributed by atoms with van der Waals surface area (Å²) >= 11 is 0. The Morgan fingerprint density at radius 3 is 2.54 bits per heavy atom. The molecule has 2 aliphatic heterocycles. The van der Waals surface area contributed by atoms with Crippen molar-refractivity contribution in [3.8, 4) is 0 Å². The van der Waals surface area contributed by atoms with Crippen LogP contribution < -0.4 is 4.90 Å². The zero-order valence-corrected chi connectivity index (χ0v) is 20.9. The zero-order valence-electron chi connectivity index (χ0n) is 20.9. The van der Waals surface area contributed by atoms with E-state index in [2.05, 4.69) is 57.5 Å². The minimum absolute atomic E-state index is 0.0539. The molecule has 2 aromatic rings.